The predicted molar refractivity (Wildman–Crippen MR) is 105 cm³/mol. The van der Waals surface area contributed by atoms with Gasteiger partial charge in [-0.1, -0.05) is 51.5 Å². The summed E-state index contributed by atoms with van der Waals surface area (Å²) in [5, 5.41) is 0. The fraction of sp³-hybridized carbons (Fsp3) is 0.571. The number of carbonyl (C=O) groups is 2. The van der Waals surface area contributed by atoms with Gasteiger partial charge in [-0.3, -0.25) is 14.5 Å². The van der Waals surface area contributed by atoms with Crippen LogP contribution in [0.5, 0.6) is 0 Å². The summed E-state index contributed by atoms with van der Waals surface area (Å²) in [6.45, 7) is 8.47. The monoisotopic (exact) mass is 357 g/mol. The number of aliphatic imine (C=N–C) groups is 1. The summed E-state index contributed by atoms with van der Waals surface area (Å²) < 4.78 is 0. The topological polar surface area (TPSA) is 75.8 Å². The first kappa shape index (κ1) is 20.1. The first-order valence-electron chi connectivity index (χ1n) is 9.52. The number of nitrogens with zero attached hydrogens (tertiary/aromatic N) is 2. The molecule has 1 aliphatic rings. The number of ketones is 1. The Kier molecular flexibility index (Phi) is 6.57. The van der Waals surface area contributed by atoms with E-state index >= 15 is 0 Å². The fourth-order valence-electron chi connectivity index (χ4n) is 3.55. The van der Waals surface area contributed by atoms with Crippen LogP contribution in [0.2, 0.25) is 0 Å². The van der Waals surface area contributed by atoms with Crippen molar-refractivity contribution >= 4 is 17.6 Å². The van der Waals surface area contributed by atoms with E-state index in [1.165, 1.54) is 0 Å². The number of benzene rings is 1. The van der Waals surface area contributed by atoms with Crippen LogP contribution in [0.3, 0.4) is 0 Å². The molecule has 5 heteroatoms. The average molecular weight is 357 g/mol. The molecule has 0 aliphatic carbocycles. The molecule has 2 N–H and O–H groups in total. The molecule has 1 aliphatic heterocycles. The van der Waals surface area contributed by atoms with Gasteiger partial charge < -0.3 is 5.73 Å². The lowest BCUT2D eigenvalue weighted by Gasteiger charge is -2.23. The molecule has 1 aromatic rings. The van der Waals surface area contributed by atoms with Gasteiger partial charge >= 0.3 is 0 Å². The molecule has 1 atom stereocenters. The Morgan fingerprint density at radius 2 is 2.00 bits per heavy atom. The minimum atomic E-state index is -0.772. The van der Waals surface area contributed by atoms with Crippen LogP contribution in [0.1, 0.15) is 64.5 Å². The number of hydrogen-bond acceptors (Lipinski definition) is 4. The van der Waals surface area contributed by atoms with Crippen LogP contribution >= 0.6 is 0 Å². The lowest BCUT2D eigenvalue weighted by molar-refractivity contribution is -0.131. The maximum absolute atomic E-state index is 12.8. The molecular formula is C21H31N3O2. The molecule has 0 aromatic heterocycles. The van der Waals surface area contributed by atoms with Crippen LogP contribution in [-0.2, 0) is 22.6 Å². The van der Waals surface area contributed by atoms with E-state index < -0.39 is 5.54 Å². The Hall–Kier alpha value is -2.17. The van der Waals surface area contributed by atoms with Gasteiger partial charge in [0.25, 0.3) is 5.91 Å². The third kappa shape index (κ3) is 4.93. The van der Waals surface area contributed by atoms with Crippen molar-refractivity contribution in [3.63, 3.8) is 0 Å². The third-order valence-electron chi connectivity index (χ3n) is 4.69. The molecule has 0 bridgehead atoms. The summed E-state index contributed by atoms with van der Waals surface area (Å²) in [4.78, 5) is 30.8. The molecule has 0 radical (unpaired) electrons. The molecule has 1 unspecified atom stereocenters. The second kappa shape index (κ2) is 8.47. The van der Waals surface area contributed by atoms with Crippen LogP contribution in [-0.4, -0.2) is 28.1 Å². The summed E-state index contributed by atoms with van der Waals surface area (Å²) in [6.07, 6.45) is 3.70. The van der Waals surface area contributed by atoms with Crippen LogP contribution < -0.4 is 5.73 Å². The zero-order valence-electron chi connectivity index (χ0n) is 16.4. The summed E-state index contributed by atoms with van der Waals surface area (Å²) in [5.41, 5.74) is 7.22. The Balaban J connectivity index is 2.07. The van der Waals surface area contributed by atoms with E-state index in [-0.39, 0.29) is 17.6 Å². The van der Waals surface area contributed by atoms with Crippen molar-refractivity contribution in [3.05, 3.63) is 35.4 Å². The van der Waals surface area contributed by atoms with Crippen LogP contribution in [0, 0.1) is 5.92 Å². The van der Waals surface area contributed by atoms with Crippen LogP contribution in [0.4, 0.5) is 0 Å². The molecule has 2 rings (SSSR count). The molecule has 0 saturated heterocycles. The molecular weight excluding hydrogens is 326 g/mol. The lowest BCUT2D eigenvalue weighted by atomic mass is 9.91. The number of carbonyl (C=O) groups excluding carboxylic acids is 2. The van der Waals surface area contributed by atoms with Crippen molar-refractivity contribution in [1.82, 2.24) is 4.90 Å². The lowest BCUT2D eigenvalue weighted by Crippen LogP contribution is -2.43. The highest BCUT2D eigenvalue weighted by molar-refractivity contribution is 6.06. The second-order valence-electron chi connectivity index (χ2n) is 7.87. The van der Waals surface area contributed by atoms with Gasteiger partial charge in [0.05, 0.1) is 6.54 Å². The summed E-state index contributed by atoms with van der Waals surface area (Å²) in [6, 6.07) is 7.83. The number of Topliss-reactive ketones (excluding diaryl/α,β-unsaturated/α-hetero) is 1. The molecule has 0 fully saturated rings. The van der Waals surface area contributed by atoms with Crippen LogP contribution in [0.15, 0.2) is 29.3 Å². The quantitative estimate of drug-likeness (QED) is 0.735. The normalized spacial score (nSPS) is 20.0. The summed E-state index contributed by atoms with van der Waals surface area (Å²) in [5.74, 6) is 0.848. The van der Waals surface area contributed by atoms with E-state index in [1.807, 2.05) is 31.2 Å². The SMILES string of the molecule is CCCCC(=O)Cc1cccc(CN2C(=O)C(C)(CC(C)C)N=C2N)c1. The predicted octanol–water partition coefficient (Wildman–Crippen LogP) is 3.45. The van der Waals surface area contributed by atoms with E-state index in [0.29, 0.717) is 31.7 Å². The van der Waals surface area contributed by atoms with Gasteiger partial charge in [-0.2, -0.15) is 0 Å². The zero-order valence-corrected chi connectivity index (χ0v) is 16.4. The highest BCUT2D eigenvalue weighted by atomic mass is 16.2. The highest BCUT2D eigenvalue weighted by Gasteiger charge is 2.43. The van der Waals surface area contributed by atoms with Crippen molar-refractivity contribution < 1.29 is 9.59 Å². The van der Waals surface area contributed by atoms with Gasteiger partial charge in [-0.15, -0.1) is 0 Å². The third-order valence-corrected chi connectivity index (χ3v) is 4.69. The Morgan fingerprint density at radius 1 is 1.31 bits per heavy atom. The van der Waals surface area contributed by atoms with Gasteiger partial charge in [-0.25, -0.2) is 4.99 Å². The molecule has 1 heterocycles. The minimum Gasteiger partial charge on any atom is -0.369 e. The number of hydrogen-bond donors (Lipinski definition) is 1. The van der Waals surface area contributed by atoms with E-state index in [4.69, 9.17) is 5.73 Å². The Labute approximate surface area is 156 Å². The number of rotatable bonds is 9. The van der Waals surface area contributed by atoms with Gasteiger partial charge in [-0.05, 0) is 36.8 Å². The molecule has 5 nitrogen and oxygen atoms in total. The first-order valence-corrected chi connectivity index (χ1v) is 9.52. The largest absolute Gasteiger partial charge is 0.369 e. The standard InChI is InChI=1S/C21H31N3O2/c1-5-6-10-18(25)12-16-8-7-9-17(11-16)14-24-19(26)21(4,13-15(2)3)23-20(24)22/h7-9,11,15H,5-6,10,12-14H2,1-4H3,(H2,22,23). The summed E-state index contributed by atoms with van der Waals surface area (Å²) >= 11 is 0. The second-order valence-corrected chi connectivity index (χ2v) is 7.87. The molecule has 1 amide bonds. The maximum atomic E-state index is 12.8. The van der Waals surface area contributed by atoms with E-state index in [9.17, 15) is 9.59 Å². The molecule has 0 saturated carbocycles. The van der Waals surface area contributed by atoms with Crippen molar-refractivity contribution in [2.24, 2.45) is 16.6 Å². The smallest absolute Gasteiger partial charge is 0.257 e. The van der Waals surface area contributed by atoms with Crippen molar-refractivity contribution in [3.8, 4) is 0 Å². The van der Waals surface area contributed by atoms with E-state index in [2.05, 4.69) is 25.8 Å². The molecule has 0 spiro atoms. The van der Waals surface area contributed by atoms with E-state index in [0.717, 1.165) is 24.0 Å². The Morgan fingerprint density at radius 3 is 2.65 bits per heavy atom. The maximum Gasteiger partial charge on any atom is 0.257 e. The van der Waals surface area contributed by atoms with Gasteiger partial charge in [0.2, 0.25) is 0 Å². The number of nitrogens with two attached hydrogens (primary N) is 1. The van der Waals surface area contributed by atoms with Gasteiger partial charge in [0.15, 0.2) is 5.96 Å². The summed E-state index contributed by atoms with van der Waals surface area (Å²) in [7, 11) is 0. The van der Waals surface area contributed by atoms with Crippen molar-refractivity contribution in [2.75, 3.05) is 0 Å². The number of guanidine groups is 1. The Bertz CT molecular complexity index is 696. The van der Waals surface area contributed by atoms with Gasteiger partial charge in [0.1, 0.15) is 11.3 Å². The molecule has 26 heavy (non-hydrogen) atoms. The fourth-order valence-corrected chi connectivity index (χ4v) is 3.55. The van der Waals surface area contributed by atoms with Crippen molar-refractivity contribution in [2.45, 2.75) is 71.9 Å². The highest BCUT2D eigenvalue weighted by Crippen LogP contribution is 2.29. The van der Waals surface area contributed by atoms with E-state index in [1.54, 1.807) is 4.90 Å². The zero-order chi connectivity index (χ0) is 19.3. The number of unbranched alkanes of at least 4 members (excludes halogenated alkanes) is 1. The van der Waals surface area contributed by atoms with Crippen LogP contribution in [0.25, 0.3) is 0 Å². The van der Waals surface area contributed by atoms with Crippen molar-refractivity contribution in [1.29, 1.82) is 0 Å². The first-order chi connectivity index (χ1) is 12.2. The molecule has 1 aromatic carbocycles. The average Bonchev–Trinajstić information content (AvgIpc) is 2.75. The number of amides is 1. The van der Waals surface area contributed by atoms with Gasteiger partial charge in [0, 0.05) is 12.8 Å². The minimum absolute atomic E-state index is 0.0480. The molecule has 142 valence electrons.